The summed E-state index contributed by atoms with van der Waals surface area (Å²) in [7, 11) is 0. The van der Waals surface area contributed by atoms with Gasteiger partial charge in [0.15, 0.2) is 11.6 Å². The number of furan rings is 1. The second-order valence-corrected chi connectivity index (χ2v) is 7.18. The maximum atomic E-state index is 12.7. The average Bonchev–Trinajstić information content (AvgIpc) is 3.39. The summed E-state index contributed by atoms with van der Waals surface area (Å²) >= 11 is 0. The SMILES string of the molecule is Cc1cc(C)n(-c2ccc(=O)n(CC(=O)N3CCN(C(=O)c4ccco4)CC3)n2)n1. The van der Waals surface area contributed by atoms with Crippen molar-refractivity contribution in [2.75, 3.05) is 26.2 Å². The van der Waals surface area contributed by atoms with Gasteiger partial charge in [0.2, 0.25) is 5.91 Å². The van der Waals surface area contributed by atoms with E-state index in [1.54, 1.807) is 32.7 Å². The molecule has 1 saturated heterocycles. The second kappa shape index (κ2) is 7.97. The fourth-order valence-corrected chi connectivity index (χ4v) is 3.47. The van der Waals surface area contributed by atoms with Gasteiger partial charge in [0.05, 0.1) is 12.0 Å². The average molecular weight is 410 g/mol. The quantitative estimate of drug-likeness (QED) is 0.624. The van der Waals surface area contributed by atoms with E-state index in [4.69, 9.17) is 4.42 Å². The Balaban J connectivity index is 1.42. The van der Waals surface area contributed by atoms with Crippen LogP contribution in [0, 0.1) is 13.8 Å². The minimum atomic E-state index is -0.361. The third-order valence-corrected chi connectivity index (χ3v) is 5.02. The zero-order valence-electron chi connectivity index (χ0n) is 16.8. The third-order valence-electron chi connectivity index (χ3n) is 5.02. The summed E-state index contributed by atoms with van der Waals surface area (Å²) < 4.78 is 7.93. The second-order valence-electron chi connectivity index (χ2n) is 7.18. The number of hydrogen-bond acceptors (Lipinski definition) is 6. The highest BCUT2D eigenvalue weighted by molar-refractivity contribution is 5.91. The predicted octanol–water partition coefficient (Wildman–Crippen LogP) is 0.623. The first-order valence-corrected chi connectivity index (χ1v) is 9.65. The Morgan fingerprint density at radius 1 is 1.03 bits per heavy atom. The zero-order valence-corrected chi connectivity index (χ0v) is 16.8. The first kappa shape index (κ1) is 19.6. The summed E-state index contributed by atoms with van der Waals surface area (Å²) in [4.78, 5) is 40.6. The number of rotatable bonds is 4. The van der Waals surface area contributed by atoms with Crippen LogP contribution in [0.5, 0.6) is 0 Å². The normalized spacial score (nSPS) is 14.2. The van der Waals surface area contributed by atoms with Gasteiger partial charge in [0.25, 0.3) is 11.5 Å². The van der Waals surface area contributed by atoms with Gasteiger partial charge in [-0.2, -0.15) is 5.10 Å². The number of aryl methyl sites for hydroxylation is 2. The molecule has 0 radical (unpaired) electrons. The molecule has 0 aromatic carbocycles. The first-order valence-electron chi connectivity index (χ1n) is 9.65. The lowest BCUT2D eigenvalue weighted by atomic mass is 10.2. The van der Waals surface area contributed by atoms with Crippen molar-refractivity contribution >= 4 is 11.8 Å². The number of piperazine rings is 1. The van der Waals surface area contributed by atoms with E-state index in [1.807, 2.05) is 19.9 Å². The lowest BCUT2D eigenvalue weighted by molar-refractivity contribution is -0.133. The van der Waals surface area contributed by atoms with Crippen molar-refractivity contribution in [3.63, 3.8) is 0 Å². The molecule has 0 unspecified atom stereocenters. The molecule has 4 rings (SSSR count). The van der Waals surface area contributed by atoms with Gasteiger partial charge in [0.1, 0.15) is 6.54 Å². The van der Waals surface area contributed by atoms with Crippen molar-refractivity contribution < 1.29 is 14.0 Å². The molecule has 1 aliphatic heterocycles. The summed E-state index contributed by atoms with van der Waals surface area (Å²) in [5.74, 6) is 0.344. The van der Waals surface area contributed by atoms with Gasteiger partial charge >= 0.3 is 0 Å². The van der Waals surface area contributed by atoms with Crippen LogP contribution >= 0.6 is 0 Å². The van der Waals surface area contributed by atoms with Crippen LogP contribution in [0.2, 0.25) is 0 Å². The van der Waals surface area contributed by atoms with Crippen molar-refractivity contribution in [3.05, 3.63) is 64.1 Å². The Morgan fingerprint density at radius 3 is 2.40 bits per heavy atom. The van der Waals surface area contributed by atoms with E-state index in [2.05, 4.69) is 10.2 Å². The highest BCUT2D eigenvalue weighted by atomic mass is 16.3. The molecule has 4 heterocycles. The molecule has 3 aromatic rings. The van der Waals surface area contributed by atoms with Crippen LogP contribution in [0.3, 0.4) is 0 Å². The maximum absolute atomic E-state index is 12.7. The summed E-state index contributed by atoms with van der Waals surface area (Å²) in [6.07, 6.45) is 1.46. The van der Waals surface area contributed by atoms with Crippen LogP contribution in [0.4, 0.5) is 0 Å². The monoisotopic (exact) mass is 410 g/mol. The van der Waals surface area contributed by atoms with E-state index in [0.717, 1.165) is 16.1 Å². The molecule has 30 heavy (non-hydrogen) atoms. The minimum absolute atomic E-state index is 0.169. The Kier molecular flexibility index (Phi) is 5.21. The number of nitrogens with zero attached hydrogens (tertiary/aromatic N) is 6. The number of hydrogen-bond donors (Lipinski definition) is 0. The molecule has 10 heteroatoms. The van der Waals surface area contributed by atoms with E-state index in [1.165, 1.54) is 12.3 Å². The lowest BCUT2D eigenvalue weighted by Gasteiger charge is -2.34. The van der Waals surface area contributed by atoms with Gasteiger partial charge in [-0.1, -0.05) is 0 Å². The van der Waals surface area contributed by atoms with Gasteiger partial charge < -0.3 is 14.2 Å². The molecule has 0 N–H and O–H groups in total. The number of amides is 2. The Morgan fingerprint density at radius 2 is 1.77 bits per heavy atom. The van der Waals surface area contributed by atoms with Crippen molar-refractivity contribution in [1.29, 1.82) is 0 Å². The fraction of sp³-hybridized carbons (Fsp3) is 0.350. The van der Waals surface area contributed by atoms with E-state index >= 15 is 0 Å². The van der Waals surface area contributed by atoms with Crippen LogP contribution in [0.15, 0.2) is 45.8 Å². The van der Waals surface area contributed by atoms with Gasteiger partial charge in [-0.15, -0.1) is 5.10 Å². The van der Waals surface area contributed by atoms with Gasteiger partial charge in [0, 0.05) is 37.9 Å². The summed E-state index contributed by atoms with van der Waals surface area (Å²) in [6, 6.07) is 8.16. The van der Waals surface area contributed by atoms with Gasteiger partial charge in [-0.3, -0.25) is 14.4 Å². The van der Waals surface area contributed by atoms with Crippen LogP contribution in [-0.4, -0.2) is 67.4 Å². The van der Waals surface area contributed by atoms with E-state index in [9.17, 15) is 14.4 Å². The van der Waals surface area contributed by atoms with E-state index < -0.39 is 0 Å². The molecule has 3 aromatic heterocycles. The number of carbonyl (C=O) groups excluding carboxylic acids is 2. The predicted molar refractivity (Wildman–Crippen MR) is 106 cm³/mol. The molecular weight excluding hydrogens is 388 g/mol. The third kappa shape index (κ3) is 3.88. The van der Waals surface area contributed by atoms with Crippen molar-refractivity contribution in [3.8, 4) is 5.82 Å². The molecule has 0 spiro atoms. The maximum Gasteiger partial charge on any atom is 0.289 e. The topological polar surface area (TPSA) is 106 Å². The van der Waals surface area contributed by atoms with Crippen LogP contribution in [0.25, 0.3) is 5.82 Å². The number of aromatic nitrogens is 4. The molecule has 0 bridgehead atoms. The molecule has 0 atom stereocenters. The number of carbonyl (C=O) groups is 2. The molecule has 10 nitrogen and oxygen atoms in total. The fourth-order valence-electron chi connectivity index (χ4n) is 3.47. The molecular formula is C20H22N6O4. The van der Waals surface area contributed by atoms with Crippen LogP contribution < -0.4 is 5.56 Å². The van der Waals surface area contributed by atoms with E-state index in [-0.39, 0.29) is 29.7 Å². The summed E-state index contributed by atoms with van der Waals surface area (Å²) in [5, 5.41) is 8.67. The Bertz CT molecular complexity index is 1120. The Hall–Kier alpha value is -3.69. The van der Waals surface area contributed by atoms with Crippen LogP contribution in [-0.2, 0) is 11.3 Å². The van der Waals surface area contributed by atoms with Crippen molar-refractivity contribution in [2.24, 2.45) is 0 Å². The molecule has 1 aliphatic rings. The highest BCUT2D eigenvalue weighted by Crippen LogP contribution is 2.11. The molecule has 156 valence electrons. The molecule has 0 saturated carbocycles. The van der Waals surface area contributed by atoms with Crippen molar-refractivity contribution in [1.82, 2.24) is 29.4 Å². The molecule has 0 aliphatic carbocycles. The zero-order chi connectivity index (χ0) is 21.3. The largest absolute Gasteiger partial charge is 0.459 e. The Labute approximate surface area is 172 Å². The van der Waals surface area contributed by atoms with Gasteiger partial charge in [-0.05, 0) is 38.1 Å². The molecule has 1 fully saturated rings. The van der Waals surface area contributed by atoms with Crippen molar-refractivity contribution in [2.45, 2.75) is 20.4 Å². The van der Waals surface area contributed by atoms with Crippen LogP contribution in [0.1, 0.15) is 21.9 Å². The molecule has 2 amide bonds. The summed E-state index contributed by atoms with van der Waals surface area (Å²) in [6.45, 7) is 5.18. The summed E-state index contributed by atoms with van der Waals surface area (Å²) in [5.41, 5.74) is 1.36. The smallest absolute Gasteiger partial charge is 0.289 e. The highest BCUT2D eigenvalue weighted by Gasteiger charge is 2.26. The first-order chi connectivity index (χ1) is 14.4. The standard InChI is InChI=1S/C20H22N6O4/c1-14-12-15(2)26(21-14)17-5-6-18(27)25(22-17)13-19(28)23-7-9-24(10-8-23)20(29)16-4-3-11-30-16/h3-6,11-12H,7-10,13H2,1-2H3. The van der Waals surface area contributed by atoms with Gasteiger partial charge in [-0.25, -0.2) is 9.36 Å². The minimum Gasteiger partial charge on any atom is -0.459 e. The van der Waals surface area contributed by atoms with E-state index in [0.29, 0.717) is 32.0 Å². The lowest BCUT2D eigenvalue weighted by Crippen LogP contribution is -2.51.